The molecule has 0 saturated carbocycles. The van der Waals surface area contributed by atoms with Gasteiger partial charge in [-0.3, -0.25) is 19.3 Å². The summed E-state index contributed by atoms with van der Waals surface area (Å²) >= 11 is 1.24. The van der Waals surface area contributed by atoms with Gasteiger partial charge in [-0.05, 0) is 66.6 Å². The number of ether oxygens (including phenoxy) is 1. The SMILES string of the molecule is COc1c(NC(=O)c2cc3cccc(NC(=O)c4cc(C)nc(C)c4)c3s2)cc(C(C)(C)C)cc1NS(C)(=O)=O. The highest BCUT2D eigenvalue weighted by atomic mass is 32.2. The van der Waals surface area contributed by atoms with E-state index in [9.17, 15) is 18.0 Å². The predicted molar refractivity (Wildman–Crippen MR) is 162 cm³/mol. The Kier molecular flexibility index (Phi) is 7.91. The van der Waals surface area contributed by atoms with E-state index < -0.39 is 15.9 Å². The van der Waals surface area contributed by atoms with Gasteiger partial charge in [-0.15, -0.1) is 11.3 Å². The number of pyridine rings is 1. The lowest BCUT2D eigenvalue weighted by atomic mass is 9.86. The van der Waals surface area contributed by atoms with Crippen LogP contribution in [0.4, 0.5) is 17.1 Å². The number of hydrogen-bond acceptors (Lipinski definition) is 7. The van der Waals surface area contributed by atoms with Crippen LogP contribution in [0.15, 0.2) is 48.5 Å². The van der Waals surface area contributed by atoms with Gasteiger partial charge < -0.3 is 15.4 Å². The van der Waals surface area contributed by atoms with Gasteiger partial charge in [0.05, 0.1) is 40.0 Å². The molecule has 2 aromatic carbocycles. The molecule has 2 aromatic heterocycles. The summed E-state index contributed by atoms with van der Waals surface area (Å²) in [6.07, 6.45) is 1.05. The number of carbonyl (C=O) groups excluding carboxylic acids is 2. The summed E-state index contributed by atoms with van der Waals surface area (Å²) in [5, 5.41) is 6.65. The van der Waals surface area contributed by atoms with Gasteiger partial charge in [0.25, 0.3) is 11.8 Å². The summed E-state index contributed by atoms with van der Waals surface area (Å²) in [5.41, 5.74) is 3.62. The average molecular weight is 581 g/mol. The van der Waals surface area contributed by atoms with Crippen LogP contribution in [-0.4, -0.2) is 38.6 Å². The first-order chi connectivity index (χ1) is 18.6. The minimum atomic E-state index is -3.61. The maximum atomic E-state index is 13.5. The lowest BCUT2D eigenvalue weighted by Gasteiger charge is -2.23. The average Bonchev–Trinajstić information content (AvgIpc) is 3.27. The molecular formula is C29H32N4O5S2. The van der Waals surface area contributed by atoms with Crippen molar-refractivity contribution in [3.63, 3.8) is 0 Å². The molecule has 210 valence electrons. The monoisotopic (exact) mass is 580 g/mol. The number of methoxy groups -OCH3 is 1. The van der Waals surface area contributed by atoms with E-state index in [1.807, 2.05) is 46.8 Å². The number of thiophene rings is 1. The molecule has 2 amide bonds. The van der Waals surface area contributed by atoms with Crippen molar-refractivity contribution in [2.45, 2.75) is 40.0 Å². The molecule has 0 aliphatic rings. The van der Waals surface area contributed by atoms with Crippen LogP contribution in [-0.2, 0) is 15.4 Å². The Balaban J connectivity index is 1.68. The Labute approximate surface area is 238 Å². The van der Waals surface area contributed by atoms with Crippen molar-refractivity contribution < 1.29 is 22.7 Å². The van der Waals surface area contributed by atoms with Crippen molar-refractivity contribution in [2.24, 2.45) is 0 Å². The van der Waals surface area contributed by atoms with Gasteiger partial charge in [-0.1, -0.05) is 32.9 Å². The first kappa shape index (κ1) is 29.0. The molecule has 9 nitrogen and oxygen atoms in total. The number of aryl methyl sites for hydroxylation is 2. The number of amides is 2. The van der Waals surface area contributed by atoms with E-state index in [1.54, 1.807) is 36.4 Å². The van der Waals surface area contributed by atoms with Gasteiger partial charge in [0.1, 0.15) is 0 Å². The lowest BCUT2D eigenvalue weighted by molar-refractivity contribution is 0.102. The number of carbonyl (C=O) groups is 2. The van der Waals surface area contributed by atoms with Crippen LogP contribution in [0.3, 0.4) is 0 Å². The van der Waals surface area contributed by atoms with E-state index in [4.69, 9.17) is 4.74 Å². The molecule has 0 atom stereocenters. The summed E-state index contributed by atoms with van der Waals surface area (Å²) in [6, 6.07) is 14.2. The molecule has 3 N–H and O–H groups in total. The predicted octanol–water partition coefficient (Wildman–Crippen LogP) is 6.10. The molecule has 2 heterocycles. The fourth-order valence-electron chi connectivity index (χ4n) is 4.27. The third kappa shape index (κ3) is 6.60. The smallest absolute Gasteiger partial charge is 0.265 e. The number of benzene rings is 2. The summed E-state index contributed by atoms with van der Waals surface area (Å²) in [7, 11) is -2.19. The van der Waals surface area contributed by atoms with Crippen molar-refractivity contribution in [1.82, 2.24) is 4.98 Å². The zero-order valence-corrected chi connectivity index (χ0v) is 25.1. The third-order valence-corrected chi connectivity index (χ3v) is 7.84. The van der Waals surface area contributed by atoms with Gasteiger partial charge in [-0.2, -0.15) is 0 Å². The number of anilines is 3. The fourth-order valence-corrected chi connectivity index (χ4v) is 5.84. The summed E-state index contributed by atoms with van der Waals surface area (Å²) in [6.45, 7) is 9.63. The first-order valence-corrected chi connectivity index (χ1v) is 15.2. The van der Waals surface area contributed by atoms with Crippen molar-refractivity contribution in [3.05, 3.63) is 75.9 Å². The highest BCUT2D eigenvalue weighted by Gasteiger charge is 2.23. The highest BCUT2D eigenvalue weighted by Crippen LogP contribution is 2.40. The number of nitrogens with zero attached hydrogens (tertiary/aromatic N) is 1. The van der Waals surface area contributed by atoms with Gasteiger partial charge in [0, 0.05) is 17.0 Å². The molecule has 0 aliphatic heterocycles. The Morgan fingerprint density at radius 1 is 0.900 bits per heavy atom. The second-order valence-electron chi connectivity index (χ2n) is 10.6. The molecule has 0 saturated heterocycles. The van der Waals surface area contributed by atoms with Gasteiger partial charge in [-0.25, -0.2) is 8.42 Å². The summed E-state index contributed by atoms with van der Waals surface area (Å²) < 4.78 is 32.8. The maximum absolute atomic E-state index is 13.5. The van der Waals surface area contributed by atoms with Gasteiger partial charge in [0.2, 0.25) is 10.0 Å². The number of aromatic nitrogens is 1. The first-order valence-electron chi connectivity index (χ1n) is 12.5. The largest absolute Gasteiger partial charge is 0.492 e. The zero-order valence-electron chi connectivity index (χ0n) is 23.4. The van der Waals surface area contributed by atoms with Crippen molar-refractivity contribution >= 4 is 60.3 Å². The number of fused-ring (bicyclic) bond motifs is 1. The van der Waals surface area contributed by atoms with E-state index in [1.165, 1.54) is 18.4 Å². The van der Waals surface area contributed by atoms with Crippen LogP contribution in [0.5, 0.6) is 5.75 Å². The van der Waals surface area contributed by atoms with Gasteiger partial charge >= 0.3 is 0 Å². The fraction of sp³-hybridized carbons (Fsp3) is 0.276. The van der Waals surface area contributed by atoms with Crippen LogP contribution in [0, 0.1) is 13.8 Å². The molecule has 4 rings (SSSR count). The minimum Gasteiger partial charge on any atom is -0.492 e. The van der Waals surface area contributed by atoms with Crippen molar-refractivity contribution in [1.29, 1.82) is 0 Å². The third-order valence-electron chi connectivity index (χ3n) is 6.06. The molecule has 0 unspecified atom stereocenters. The quantitative estimate of drug-likeness (QED) is 0.243. The van der Waals surface area contributed by atoms with E-state index in [-0.39, 0.29) is 22.8 Å². The number of rotatable bonds is 7. The minimum absolute atomic E-state index is 0.198. The zero-order chi connectivity index (χ0) is 29.4. The number of nitrogens with one attached hydrogen (secondary N) is 3. The molecule has 0 aliphatic carbocycles. The molecule has 0 radical (unpaired) electrons. The molecular weight excluding hydrogens is 548 g/mol. The van der Waals surface area contributed by atoms with E-state index in [0.29, 0.717) is 21.8 Å². The molecule has 40 heavy (non-hydrogen) atoms. The molecule has 0 bridgehead atoms. The van der Waals surface area contributed by atoms with Crippen LogP contribution >= 0.6 is 11.3 Å². The normalized spacial score (nSPS) is 11.8. The Morgan fingerprint density at radius 3 is 2.12 bits per heavy atom. The molecule has 0 spiro atoms. The van der Waals surface area contributed by atoms with E-state index in [2.05, 4.69) is 20.3 Å². The number of hydrogen-bond donors (Lipinski definition) is 3. The van der Waals surface area contributed by atoms with Crippen molar-refractivity contribution in [2.75, 3.05) is 28.7 Å². The molecule has 0 fully saturated rings. The van der Waals surface area contributed by atoms with E-state index >= 15 is 0 Å². The Bertz CT molecular complexity index is 1720. The summed E-state index contributed by atoms with van der Waals surface area (Å²) in [5.74, 6) is -0.465. The molecule has 11 heteroatoms. The summed E-state index contributed by atoms with van der Waals surface area (Å²) in [4.78, 5) is 31.2. The Hall–Kier alpha value is -3.96. The van der Waals surface area contributed by atoms with Gasteiger partial charge in [0.15, 0.2) is 5.75 Å². The second-order valence-corrected chi connectivity index (χ2v) is 13.4. The van der Waals surface area contributed by atoms with Crippen LogP contribution in [0.25, 0.3) is 10.1 Å². The van der Waals surface area contributed by atoms with Crippen molar-refractivity contribution in [3.8, 4) is 5.75 Å². The van der Waals surface area contributed by atoms with E-state index in [0.717, 1.165) is 33.3 Å². The second kappa shape index (κ2) is 10.9. The highest BCUT2D eigenvalue weighted by molar-refractivity contribution is 7.92. The van der Waals surface area contributed by atoms with Crippen LogP contribution < -0.4 is 20.1 Å². The topological polar surface area (TPSA) is 126 Å². The number of sulfonamides is 1. The van der Waals surface area contributed by atoms with Crippen LogP contribution in [0.2, 0.25) is 0 Å². The Morgan fingerprint density at radius 2 is 1.52 bits per heavy atom. The molecule has 4 aromatic rings. The maximum Gasteiger partial charge on any atom is 0.265 e. The standard InChI is InChI=1S/C29H32N4O5S2/c1-16-11-19(12-17(2)30-16)27(34)31-21-10-8-9-18-13-24(39-26(18)21)28(35)32-22-14-20(29(3,4)5)15-23(25(22)38-6)33-40(7,36)37/h8-15,33H,1-7H3,(H,31,34)(H,32,35). The lowest BCUT2D eigenvalue weighted by Crippen LogP contribution is -2.18. The van der Waals surface area contributed by atoms with Crippen LogP contribution in [0.1, 0.15) is 57.8 Å².